The molecule has 0 radical (unpaired) electrons. The predicted octanol–water partition coefficient (Wildman–Crippen LogP) is -0.834. The van der Waals surface area contributed by atoms with Gasteiger partial charge in [-0.3, -0.25) is 0 Å². The summed E-state index contributed by atoms with van der Waals surface area (Å²) in [4.78, 5) is 87.5. The van der Waals surface area contributed by atoms with Crippen LogP contribution < -0.4 is 0 Å². The van der Waals surface area contributed by atoms with Crippen molar-refractivity contribution >= 4 is 17.9 Å². The Balaban J connectivity index is 1.58. The minimum atomic E-state index is -2.49. The van der Waals surface area contributed by atoms with Crippen molar-refractivity contribution in [2.75, 3.05) is 0 Å². The van der Waals surface area contributed by atoms with E-state index >= 15 is 0 Å². The lowest BCUT2D eigenvalue weighted by Crippen LogP contribution is -2.74. The number of carboxylic acids is 1. The third kappa shape index (κ3) is 1.95. The lowest BCUT2D eigenvalue weighted by Gasteiger charge is -2.49. The van der Waals surface area contributed by atoms with Crippen LogP contribution in [-0.2, 0) is 63.3 Å². The Bertz CT molecular complexity index is 916. The first-order valence-corrected chi connectivity index (χ1v) is 8.43. The normalized spacial score (nSPS) is 41.6. The van der Waals surface area contributed by atoms with E-state index in [1.165, 1.54) is 6.08 Å². The summed E-state index contributed by atoms with van der Waals surface area (Å²) in [6.45, 7) is 0. The van der Waals surface area contributed by atoms with Crippen molar-refractivity contribution in [2.45, 2.75) is 48.6 Å². The Morgan fingerprint density at radius 3 is 2.48 bits per heavy atom. The van der Waals surface area contributed by atoms with Gasteiger partial charge in [-0.1, -0.05) is 0 Å². The minimum Gasteiger partial charge on any atom is -0.479 e. The smallest absolute Gasteiger partial charge is 0.386 e. The number of hydrogen-bond donors (Lipinski definition) is 1. The highest BCUT2D eigenvalue weighted by Gasteiger charge is 2.93. The van der Waals surface area contributed by atoms with E-state index < -0.39 is 59.3 Å². The molecule has 2 aliphatic carbocycles. The fourth-order valence-corrected chi connectivity index (χ4v) is 3.92. The highest BCUT2D eigenvalue weighted by Crippen LogP contribution is 2.65. The molecule has 5 heterocycles. The lowest BCUT2D eigenvalue weighted by molar-refractivity contribution is -0.598. The second-order valence-electron chi connectivity index (χ2n) is 7.08. The molecule has 4 atom stereocenters. The number of carboxylic acid groups (broad SMARTS) is 1. The van der Waals surface area contributed by atoms with Gasteiger partial charge in [0.2, 0.25) is 5.76 Å². The molecule has 1 N–H and O–H groups in total. The molecule has 154 valence electrons. The van der Waals surface area contributed by atoms with Gasteiger partial charge in [0, 0.05) is 24.8 Å². The second-order valence-corrected chi connectivity index (χ2v) is 7.08. The molecule has 6 bridgehead atoms. The molecule has 4 unspecified atom stereocenters. The molecule has 14 heteroatoms. The first-order valence-electron chi connectivity index (χ1n) is 8.43. The predicted molar refractivity (Wildman–Crippen MR) is 73.2 cm³/mol. The molecular formula is C15H10O14. The molecular weight excluding hydrogens is 404 g/mol. The van der Waals surface area contributed by atoms with E-state index in [4.69, 9.17) is 39.1 Å². The van der Waals surface area contributed by atoms with Crippen molar-refractivity contribution in [3.8, 4) is 0 Å². The quantitative estimate of drug-likeness (QED) is 0.416. The van der Waals surface area contributed by atoms with Gasteiger partial charge >= 0.3 is 29.5 Å². The van der Waals surface area contributed by atoms with Gasteiger partial charge in [0.25, 0.3) is 5.60 Å². The van der Waals surface area contributed by atoms with Crippen LogP contribution in [0, 0.1) is 0 Å². The van der Waals surface area contributed by atoms with E-state index in [-0.39, 0.29) is 24.2 Å². The van der Waals surface area contributed by atoms with Gasteiger partial charge in [-0.05, 0) is 6.08 Å². The van der Waals surface area contributed by atoms with Crippen LogP contribution in [0.5, 0.6) is 0 Å². The zero-order valence-corrected chi connectivity index (χ0v) is 14.1. The molecule has 29 heavy (non-hydrogen) atoms. The van der Waals surface area contributed by atoms with Crippen LogP contribution in [0.3, 0.4) is 0 Å². The highest BCUT2D eigenvalue weighted by atomic mass is 17.4. The van der Waals surface area contributed by atoms with Crippen LogP contribution in [-0.4, -0.2) is 52.4 Å². The number of aliphatic carboxylic acids is 1. The fraction of sp³-hybridized carbons (Fsp3) is 0.533. The summed E-state index contributed by atoms with van der Waals surface area (Å²) in [5.41, 5.74) is -2.90. The highest BCUT2D eigenvalue weighted by molar-refractivity contribution is 5.94. The molecule has 5 aliphatic heterocycles. The Morgan fingerprint density at radius 2 is 1.79 bits per heavy atom. The van der Waals surface area contributed by atoms with E-state index in [9.17, 15) is 19.5 Å². The summed E-state index contributed by atoms with van der Waals surface area (Å²) in [6.07, 6.45) is -0.966. The average molecular weight is 414 g/mol. The summed E-state index contributed by atoms with van der Waals surface area (Å²) in [7, 11) is 0. The van der Waals surface area contributed by atoms with Crippen LogP contribution in [0.4, 0.5) is 0 Å². The van der Waals surface area contributed by atoms with Crippen molar-refractivity contribution in [3.63, 3.8) is 0 Å². The number of carbonyl (C=O) groups is 3. The van der Waals surface area contributed by atoms with Crippen LogP contribution in [0.25, 0.3) is 0 Å². The Kier molecular flexibility index (Phi) is 3.16. The maximum atomic E-state index is 12.5. The molecule has 14 nitrogen and oxygen atoms in total. The summed E-state index contributed by atoms with van der Waals surface area (Å²) >= 11 is 0. The Morgan fingerprint density at radius 1 is 1.00 bits per heavy atom. The summed E-state index contributed by atoms with van der Waals surface area (Å²) in [6, 6.07) is 0. The zero-order chi connectivity index (χ0) is 20.0. The van der Waals surface area contributed by atoms with Gasteiger partial charge in [0.1, 0.15) is 12.2 Å². The molecule has 0 aromatic rings. The number of hydrogen-bond acceptors (Lipinski definition) is 13. The third-order valence-corrected chi connectivity index (χ3v) is 5.45. The molecule has 2 spiro atoms. The van der Waals surface area contributed by atoms with Crippen molar-refractivity contribution < 1.29 is 68.4 Å². The summed E-state index contributed by atoms with van der Waals surface area (Å²) in [5.74, 6) is -8.75. The van der Waals surface area contributed by atoms with Crippen LogP contribution in [0.2, 0.25) is 0 Å². The summed E-state index contributed by atoms with van der Waals surface area (Å²) < 4.78 is 0. The largest absolute Gasteiger partial charge is 0.479 e. The van der Waals surface area contributed by atoms with E-state index in [1.54, 1.807) is 0 Å². The average Bonchev–Trinajstić information content (AvgIpc) is 3.47. The van der Waals surface area contributed by atoms with Crippen LogP contribution in [0.1, 0.15) is 19.3 Å². The van der Waals surface area contributed by atoms with Gasteiger partial charge in [0.05, 0.1) is 5.57 Å². The molecule has 7 rings (SSSR count). The Hall–Kier alpha value is -2.59. The van der Waals surface area contributed by atoms with Crippen molar-refractivity contribution in [1.29, 1.82) is 0 Å². The first-order chi connectivity index (χ1) is 13.9. The number of carbonyl (C=O) groups excluding carboxylic acids is 2. The minimum absolute atomic E-state index is 0.0353. The number of rotatable bonds is 1. The second kappa shape index (κ2) is 5.31. The monoisotopic (exact) mass is 414 g/mol. The maximum absolute atomic E-state index is 12.5. The molecule has 0 saturated carbocycles. The number of fused-ring (bicyclic) bond motifs is 5. The van der Waals surface area contributed by atoms with E-state index in [0.29, 0.717) is 0 Å². The first kappa shape index (κ1) is 17.3. The molecule has 0 aromatic heterocycles. The van der Waals surface area contributed by atoms with Gasteiger partial charge in [0.15, 0.2) is 0 Å². The van der Waals surface area contributed by atoms with Gasteiger partial charge in [-0.2, -0.15) is 14.7 Å². The van der Waals surface area contributed by atoms with Crippen LogP contribution >= 0.6 is 0 Å². The van der Waals surface area contributed by atoms with E-state index in [0.717, 1.165) is 0 Å². The topological polar surface area (TPSA) is 170 Å². The van der Waals surface area contributed by atoms with Gasteiger partial charge < -0.3 is 9.99 Å². The lowest BCUT2D eigenvalue weighted by atomic mass is 9.74. The van der Waals surface area contributed by atoms with Crippen molar-refractivity contribution in [3.05, 3.63) is 23.0 Å². The van der Waals surface area contributed by atoms with Crippen molar-refractivity contribution in [1.82, 2.24) is 0 Å². The zero-order valence-electron chi connectivity index (χ0n) is 14.1. The van der Waals surface area contributed by atoms with Crippen molar-refractivity contribution in [2.24, 2.45) is 0 Å². The molecule has 4 saturated heterocycles. The fourth-order valence-electron chi connectivity index (χ4n) is 3.92. The maximum Gasteiger partial charge on any atom is 0.386 e. The SMILES string of the molecule is O=C1OOC(=O)C2=C3OOC34OOC3C=C1CC(C3)OOC(C(=O)O)(C2)C41OO1. The van der Waals surface area contributed by atoms with E-state index in [2.05, 4.69) is 9.78 Å². The van der Waals surface area contributed by atoms with E-state index in [1.807, 2.05) is 0 Å². The van der Waals surface area contributed by atoms with Crippen LogP contribution in [0.15, 0.2) is 23.0 Å². The molecule has 0 aromatic carbocycles. The van der Waals surface area contributed by atoms with Gasteiger partial charge in [-0.25, -0.2) is 38.8 Å². The third-order valence-electron chi connectivity index (χ3n) is 5.45. The standard InChI is InChI=1S/C15H10O14/c16-10-5-1-6-3-7(2-5)21-26-14-9(22-27-14)8(11(17)24-23-10)4-13(12(18)19,25-20-6)15(14)28-29-15/h2,6-7H,1,3-4H2,(H,18,19). The molecule has 0 amide bonds. The molecule has 7 aliphatic rings. The molecule has 4 fully saturated rings. The Labute approximate surface area is 158 Å². The van der Waals surface area contributed by atoms with Gasteiger partial charge in [-0.15, -0.1) is 4.89 Å². The summed E-state index contributed by atoms with van der Waals surface area (Å²) in [5, 5.41) is 10.00.